The van der Waals surface area contributed by atoms with Gasteiger partial charge in [0.2, 0.25) is 0 Å². The zero-order chi connectivity index (χ0) is 10.7. The van der Waals surface area contributed by atoms with Gasteiger partial charge in [0.05, 0.1) is 17.0 Å². The molecular weight excluding hydrogens is 224 g/mol. The summed E-state index contributed by atoms with van der Waals surface area (Å²) in [4.78, 5) is 0. The average Bonchev–Trinajstić information content (AvgIpc) is 2.15. The van der Waals surface area contributed by atoms with E-state index in [1.807, 2.05) is 6.92 Å². The molecule has 0 saturated carbocycles. The molecule has 0 aliphatic rings. The van der Waals surface area contributed by atoms with Crippen molar-refractivity contribution in [1.29, 1.82) is 5.26 Å². The van der Waals surface area contributed by atoms with Crippen LogP contribution in [0.15, 0.2) is 12.1 Å². The van der Waals surface area contributed by atoms with Gasteiger partial charge in [-0.1, -0.05) is 30.1 Å². The van der Waals surface area contributed by atoms with Crippen molar-refractivity contribution in [3.63, 3.8) is 0 Å². The number of hydrogen-bond acceptors (Lipinski definition) is 1. The van der Waals surface area contributed by atoms with Gasteiger partial charge < -0.3 is 0 Å². The second kappa shape index (κ2) is 4.63. The highest BCUT2D eigenvalue weighted by Crippen LogP contribution is 2.31. The first-order chi connectivity index (χ1) is 6.60. The molecule has 1 atom stereocenters. The standard InChI is InChI=1S/C10H8Cl2FN/c1-2-6(5-14)8-3-7(11)4-9(13)10(8)12/h3-4,6H,2H2,1H3. The van der Waals surface area contributed by atoms with Gasteiger partial charge in [0.15, 0.2) is 0 Å². The summed E-state index contributed by atoms with van der Waals surface area (Å²) in [6.45, 7) is 1.84. The Balaban J connectivity index is 3.27. The Hall–Kier alpha value is -0.780. The molecule has 1 aromatic rings. The summed E-state index contributed by atoms with van der Waals surface area (Å²) < 4.78 is 13.1. The van der Waals surface area contributed by atoms with Crippen LogP contribution in [0.4, 0.5) is 4.39 Å². The summed E-state index contributed by atoms with van der Waals surface area (Å²) in [5.74, 6) is -0.987. The molecular formula is C10H8Cl2FN. The highest BCUT2D eigenvalue weighted by atomic mass is 35.5. The van der Waals surface area contributed by atoms with E-state index < -0.39 is 11.7 Å². The second-order valence-electron chi connectivity index (χ2n) is 2.88. The van der Waals surface area contributed by atoms with E-state index in [4.69, 9.17) is 28.5 Å². The monoisotopic (exact) mass is 231 g/mol. The van der Waals surface area contributed by atoms with Crippen molar-refractivity contribution < 1.29 is 4.39 Å². The first-order valence-corrected chi connectivity index (χ1v) is 4.89. The van der Waals surface area contributed by atoms with Crippen molar-refractivity contribution in [1.82, 2.24) is 0 Å². The third-order valence-corrected chi connectivity index (χ3v) is 2.58. The topological polar surface area (TPSA) is 23.8 Å². The van der Waals surface area contributed by atoms with Crippen LogP contribution < -0.4 is 0 Å². The van der Waals surface area contributed by atoms with Gasteiger partial charge in [-0.2, -0.15) is 5.26 Å². The molecule has 1 rings (SSSR count). The predicted octanol–water partition coefficient (Wildman–Crippen LogP) is 4.15. The van der Waals surface area contributed by atoms with E-state index >= 15 is 0 Å². The molecule has 0 amide bonds. The van der Waals surface area contributed by atoms with Crippen molar-refractivity contribution in [3.05, 3.63) is 33.6 Å². The molecule has 1 nitrogen and oxygen atoms in total. The summed E-state index contributed by atoms with van der Waals surface area (Å²) in [6, 6.07) is 4.72. The summed E-state index contributed by atoms with van der Waals surface area (Å²) in [6.07, 6.45) is 0.579. The second-order valence-corrected chi connectivity index (χ2v) is 3.70. The summed E-state index contributed by atoms with van der Waals surface area (Å²) in [7, 11) is 0. The maximum atomic E-state index is 13.1. The van der Waals surface area contributed by atoms with Crippen LogP contribution >= 0.6 is 23.2 Å². The van der Waals surface area contributed by atoms with Crippen LogP contribution in [-0.2, 0) is 0 Å². The number of rotatable bonds is 2. The molecule has 14 heavy (non-hydrogen) atoms. The molecule has 0 aliphatic carbocycles. The maximum Gasteiger partial charge on any atom is 0.143 e. The lowest BCUT2D eigenvalue weighted by atomic mass is 9.98. The van der Waals surface area contributed by atoms with E-state index in [2.05, 4.69) is 6.07 Å². The minimum absolute atomic E-state index is 0.0113. The van der Waals surface area contributed by atoms with Crippen LogP contribution in [0, 0.1) is 17.1 Å². The van der Waals surface area contributed by atoms with Gasteiger partial charge in [0, 0.05) is 5.02 Å². The zero-order valence-electron chi connectivity index (χ0n) is 7.52. The van der Waals surface area contributed by atoms with Crippen LogP contribution in [0.2, 0.25) is 10.0 Å². The molecule has 0 bridgehead atoms. The fourth-order valence-corrected chi connectivity index (χ4v) is 1.66. The SMILES string of the molecule is CCC(C#N)c1cc(Cl)cc(F)c1Cl. The number of halogens is 3. The lowest BCUT2D eigenvalue weighted by Gasteiger charge is -2.09. The molecule has 0 fully saturated rings. The third-order valence-electron chi connectivity index (χ3n) is 1.96. The first-order valence-electron chi connectivity index (χ1n) is 4.14. The van der Waals surface area contributed by atoms with Crippen molar-refractivity contribution in [3.8, 4) is 6.07 Å². The third kappa shape index (κ3) is 2.17. The average molecular weight is 232 g/mol. The molecule has 0 heterocycles. The summed E-state index contributed by atoms with van der Waals surface area (Å²) >= 11 is 11.4. The quantitative estimate of drug-likeness (QED) is 0.702. The molecule has 0 saturated heterocycles. The van der Waals surface area contributed by atoms with Gasteiger partial charge in [-0.05, 0) is 24.1 Å². The molecule has 4 heteroatoms. The van der Waals surface area contributed by atoms with Crippen LogP contribution in [0.5, 0.6) is 0 Å². The van der Waals surface area contributed by atoms with Crippen LogP contribution in [0.1, 0.15) is 24.8 Å². The Morgan fingerprint density at radius 1 is 1.50 bits per heavy atom. The Bertz CT molecular complexity index is 384. The first kappa shape index (κ1) is 11.3. The van der Waals surface area contributed by atoms with E-state index in [-0.39, 0.29) is 10.0 Å². The van der Waals surface area contributed by atoms with E-state index in [1.54, 1.807) is 0 Å². The molecule has 1 unspecified atom stereocenters. The summed E-state index contributed by atoms with van der Waals surface area (Å²) in [5.41, 5.74) is 0.460. The minimum Gasteiger partial charge on any atom is -0.205 e. The Morgan fingerprint density at radius 2 is 2.14 bits per heavy atom. The van der Waals surface area contributed by atoms with Gasteiger partial charge in [-0.3, -0.25) is 0 Å². The molecule has 0 aliphatic heterocycles. The fraction of sp³-hybridized carbons (Fsp3) is 0.300. The summed E-state index contributed by atoms with van der Waals surface area (Å²) in [5, 5.41) is 9.06. The molecule has 0 radical (unpaired) electrons. The largest absolute Gasteiger partial charge is 0.205 e. The van der Waals surface area contributed by atoms with E-state index in [0.717, 1.165) is 6.07 Å². The molecule has 74 valence electrons. The van der Waals surface area contributed by atoms with Gasteiger partial charge in [0.1, 0.15) is 5.82 Å². The maximum absolute atomic E-state index is 13.1. The number of benzene rings is 1. The van der Waals surface area contributed by atoms with Crippen LogP contribution in [-0.4, -0.2) is 0 Å². The van der Waals surface area contributed by atoms with Crippen molar-refractivity contribution in [2.24, 2.45) is 0 Å². The molecule has 0 aromatic heterocycles. The number of nitriles is 1. The van der Waals surface area contributed by atoms with E-state index in [9.17, 15) is 4.39 Å². The van der Waals surface area contributed by atoms with Gasteiger partial charge in [0.25, 0.3) is 0 Å². The Morgan fingerprint density at radius 3 is 2.64 bits per heavy atom. The minimum atomic E-state index is -0.581. The van der Waals surface area contributed by atoms with Crippen LogP contribution in [0.25, 0.3) is 0 Å². The van der Waals surface area contributed by atoms with Gasteiger partial charge >= 0.3 is 0 Å². The zero-order valence-corrected chi connectivity index (χ0v) is 9.03. The highest BCUT2D eigenvalue weighted by Gasteiger charge is 2.16. The molecule has 0 spiro atoms. The van der Waals surface area contributed by atoms with Gasteiger partial charge in [-0.15, -0.1) is 0 Å². The lowest BCUT2D eigenvalue weighted by molar-refractivity contribution is 0.624. The van der Waals surface area contributed by atoms with Crippen molar-refractivity contribution in [2.45, 2.75) is 19.3 Å². The Kier molecular flexibility index (Phi) is 3.74. The molecule has 1 aromatic carbocycles. The van der Waals surface area contributed by atoms with Gasteiger partial charge in [-0.25, -0.2) is 4.39 Å². The molecule has 0 N–H and O–H groups in total. The van der Waals surface area contributed by atoms with E-state index in [1.165, 1.54) is 6.07 Å². The number of hydrogen-bond donors (Lipinski definition) is 0. The highest BCUT2D eigenvalue weighted by molar-refractivity contribution is 6.33. The lowest BCUT2D eigenvalue weighted by Crippen LogP contribution is -1.96. The van der Waals surface area contributed by atoms with Crippen molar-refractivity contribution in [2.75, 3.05) is 0 Å². The predicted molar refractivity (Wildman–Crippen MR) is 55.1 cm³/mol. The van der Waals surface area contributed by atoms with E-state index in [0.29, 0.717) is 12.0 Å². The fourth-order valence-electron chi connectivity index (χ4n) is 1.21. The smallest absolute Gasteiger partial charge is 0.143 e. The number of nitrogens with zero attached hydrogens (tertiary/aromatic N) is 1. The normalized spacial score (nSPS) is 12.2. The van der Waals surface area contributed by atoms with Crippen molar-refractivity contribution >= 4 is 23.2 Å². The Labute approximate surface area is 92.1 Å². The van der Waals surface area contributed by atoms with Crippen LogP contribution in [0.3, 0.4) is 0 Å².